The minimum absolute atomic E-state index is 0. The van der Waals surface area contributed by atoms with Gasteiger partial charge >= 0.3 is 0 Å². The second kappa shape index (κ2) is 13.6. The average molecular weight is 423 g/mol. The van der Waals surface area contributed by atoms with E-state index in [4.69, 9.17) is 5.73 Å². The molecule has 0 saturated carbocycles. The standard InChI is InChI=1S/C18H38N3.HI/c1-4-5-6-7-8-9-10-11-12-13-14-18-20(3)15-16-21(18)17(2)19;/h17H,4-16,19H2,1-3H3;1H/q+1;/p-1. The van der Waals surface area contributed by atoms with Crippen LogP contribution in [-0.4, -0.2) is 41.6 Å². The summed E-state index contributed by atoms with van der Waals surface area (Å²) < 4.78 is 2.37. The zero-order valence-corrected chi connectivity index (χ0v) is 17.3. The highest BCUT2D eigenvalue weighted by molar-refractivity contribution is 5.78. The van der Waals surface area contributed by atoms with E-state index in [1.807, 2.05) is 0 Å². The lowest BCUT2D eigenvalue weighted by Gasteiger charge is -2.10. The van der Waals surface area contributed by atoms with Crippen LogP contribution >= 0.6 is 0 Å². The Morgan fingerprint density at radius 2 is 1.50 bits per heavy atom. The van der Waals surface area contributed by atoms with Crippen LogP contribution in [0.5, 0.6) is 0 Å². The van der Waals surface area contributed by atoms with Crippen LogP contribution in [0, 0.1) is 0 Å². The van der Waals surface area contributed by atoms with Crippen LogP contribution in [-0.2, 0) is 0 Å². The van der Waals surface area contributed by atoms with E-state index >= 15 is 0 Å². The van der Waals surface area contributed by atoms with E-state index in [2.05, 4.69) is 30.4 Å². The van der Waals surface area contributed by atoms with Crippen LogP contribution in [0.25, 0.3) is 0 Å². The topological polar surface area (TPSA) is 32.3 Å². The van der Waals surface area contributed by atoms with Gasteiger partial charge in [-0.3, -0.25) is 10.6 Å². The van der Waals surface area contributed by atoms with Crippen molar-refractivity contribution in [2.75, 3.05) is 20.1 Å². The maximum atomic E-state index is 6.05. The van der Waals surface area contributed by atoms with Crippen molar-refractivity contribution in [3.05, 3.63) is 0 Å². The molecule has 22 heavy (non-hydrogen) atoms. The van der Waals surface area contributed by atoms with E-state index in [1.165, 1.54) is 76.5 Å². The van der Waals surface area contributed by atoms with Crippen LogP contribution in [0.4, 0.5) is 0 Å². The molecule has 4 heteroatoms. The SMILES string of the molecule is CCCCCCCCCCCCC1=[N+](C(C)N)CCN1C.[I-]. The third-order valence-electron chi connectivity index (χ3n) is 4.69. The molecule has 0 radical (unpaired) electrons. The lowest BCUT2D eigenvalue weighted by atomic mass is 10.1. The van der Waals surface area contributed by atoms with Gasteiger partial charge in [-0.1, -0.05) is 64.7 Å². The zero-order chi connectivity index (χ0) is 15.5. The highest BCUT2D eigenvalue weighted by Crippen LogP contribution is 2.13. The lowest BCUT2D eigenvalue weighted by molar-refractivity contribution is -0.553. The number of rotatable bonds is 12. The number of amidine groups is 1. The molecule has 0 saturated heterocycles. The van der Waals surface area contributed by atoms with Gasteiger partial charge in [-0.2, -0.15) is 0 Å². The highest BCUT2D eigenvalue weighted by Gasteiger charge is 2.27. The Kier molecular flexibility index (Phi) is 13.7. The van der Waals surface area contributed by atoms with Crippen molar-refractivity contribution in [1.29, 1.82) is 0 Å². The van der Waals surface area contributed by atoms with Crippen molar-refractivity contribution in [3.63, 3.8) is 0 Å². The summed E-state index contributed by atoms with van der Waals surface area (Å²) in [6, 6.07) is 0. The molecule has 2 N–H and O–H groups in total. The van der Waals surface area contributed by atoms with Gasteiger partial charge in [0.1, 0.15) is 19.3 Å². The predicted octanol–water partition coefficient (Wildman–Crippen LogP) is 0.963. The van der Waals surface area contributed by atoms with Crippen molar-refractivity contribution < 1.29 is 28.6 Å². The minimum atomic E-state index is 0. The lowest BCUT2D eigenvalue weighted by Crippen LogP contribution is -3.00. The van der Waals surface area contributed by atoms with Crippen LogP contribution in [0.2, 0.25) is 0 Å². The molecule has 1 atom stereocenters. The van der Waals surface area contributed by atoms with Gasteiger partial charge in [-0.25, -0.2) is 4.58 Å². The third-order valence-corrected chi connectivity index (χ3v) is 4.69. The summed E-state index contributed by atoms with van der Waals surface area (Å²) in [5.41, 5.74) is 6.05. The van der Waals surface area contributed by atoms with E-state index in [0.29, 0.717) is 0 Å². The first kappa shape index (κ1) is 22.2. The Morgan fingerprint density at radius 3 is 2.00 bits per heavy atom. The highest BCUT2D eigenvalue weighted by atomic mass is 127. The first-order chi connectivity index (χ1) is 10.2. The molecule has 0 bridgehead atoms. The van der Waals surface area contributed by atoms with Gasteiger partial charge in [0, 0.05) is 6.42 Å². The number of nitrogens with two attached hydrogens (primary N) is 1. The van der Waals surface area contributed by atoms with Crippen molar-refractivity contribution >= 4 is 5.84 Å². The van der Waals surface area contributed by atoms with Gasteiger partial charge in [0.15, 0.2) is 0 Å². The number of likely N-dealkylation sites (N-methyl/N-ethyl adjacent to an activating group) is 1. The Bertz CT molecular complexity index is 303. The first-order valence-electron chi connectivity index (χ1n) is 9.26. The molecular formula is C18H38IN3. The second-order valence-electron chi connectivity index (χ2n) is 6.70. The molecule has 1 aliphatic heterocycles. The smallest absolute Gasteiger partial charge is 0.248 e. The maximum Gasteiger partial charge on any atom is 0.248 e. The Balaban J connectivity index is 0.00000441. The molecule has 3 nitrogen and oxygen atoms in total. The van der Waals surface area contributed by atoms with E-state index in [-0.39, 0.29) is 30.1 Å². The van der Waals surface area contributed by atoms with E-state index < -0.39 is 0 Å². The molecule has 0 aromatic rings. The zero-order valence-electron chi connectivity index (χ0n) is 15.1. The van der Waals surface area contributed by atoms with Crippen LogP contribution < -0.4 is 29.7 Å². The van der Waals surface area contributed by atoms with Crippen molar-refractivity contribution in [2.24, 2.45) is 5.73 Å². The number of hydrogen-bond acceptors (Lipinski definition) is 2. The fourth-order valence-electron chi connectivity index (χ4n) is 3.28. The molecular weight excluding hydrogens is 385 g/mol. The molecule has 1 rings (SSSR count). The Morgan fingerprint density at radius 1 is 1.00 bits per heavy atom. The molecule has 1 unspecified atom stereocenters. The summed E-state index contributed by atoms with van der Waals surface area (Å²) >= 11 is 0. The van der Waals surface area contributed by atoms with Gasteiger partial charge < -0.3 is 24.0 Å². The van der Waals surface area contributed by atoms with Gasteiger partial charge in [0.05, 0.1) is 7.05 Å². The molecule has 1 aliphatic rings. The largest absolute Gasteiger partial charge is 1.00 e. The van der Waals surface area contributed by atoms with Crippen LogP contribution in [0.1, 0.15) is 84.5 Å². The summed E-state index contributed by atoms with van der Waals surface area (Å²) in [6.07, 6.45) is 15.4. The normalized spacial score (nSPS) is 16.1. The molecule has 1 heterocycles. The molecule has 0 spiro atoms. The Hall–Kier alpha value is 0.160. The fourth-order valence-corrected chi connectivity index (χ4v) is 3.28. The summed E-state index contributed by atoms with van der Waals surface area (Å²) in [5, 5.41) is 0. The molecule has 0 fully saturated rings. The number of hydrogen-bond donors (Lipinski definition) is 1. The van der Waals surface area contributed by atoms with Crippen molar-refractivity contribution in [2.45, 2.75) is 90.6 Å². The summed E-state index contributed by atoms with van der Waals surface area (Å²) in [5.74, 6) is 1.46. The van der Waals surface area contributed by atoms with Crippen LogP contribution in [0.15, 0.2) is 0 Å². The van der Waals surface area contributed by atoms with Gasteiger partial charge in [0.25, 0.3) is 0 Å². The quantitative estimate of drug-likeness (QED) is 0.288. The van der Waals surface area contributed by atoms with Gasteiger partial charge in [-0.15, -0.1) is 0 Å². The third kappa shape index (κ3) is 8.70. The molecule has 132 valence electrons. The van der Waals surface area contributed by atoms with E-state index in [9.17, 15) is 0 Å². The first-order valence-corrected chi connectivity index (χ1v) is 9.26. The van der Waals surface area contributed by atoms with Crippen molar-refractivity contribution in [1.82, 2.24) is 4.90 Å². The summed E-state index contributed by atoms with van der Waals surface area (Å²) in [7, 11) is 2.20. The van der Waals surface area contributed by atoms with Gasteiger partial charge in [-0.05, 0) is 13.3 Å². The van der Waals surface area contributed by atoms with Crippen molar-refractivity contribution in [3.8, 4) is 0 Å². The summed E-state index contributed by atoms with van der Waals surface area (Å²) in [6.45, 7) is 6.61. The number of unbranched alkanes of at least 4 members (excludes halogenated alkanes) is 9. The molecule has 0 aromatic carbocycles. The number of nitrogens with zero attached hydrogens (tertiary/aromatic N) is 2. The monoisotopic (exact) mass is 423 g/mol. The summed E-state index contributed by atoms with van der Waals surface area (Å²) in [4.78, 5) is 2.39. The van der Waals surface area contributed by atoms with E-state index in [1.54, 1.807) is 0 Å². The molecule has 0 aliphatic carbocycles. The minimum Gasteiger partial charge on any atom is -1.00 e. The fraction of sp³-hybridized carbons (Fsp3) is 0.944. The van der Waals surface area contributed by atoms with E-state index in [0.717, 1.165) is 13.1 Å². The van der Waals surface area contributed by atoms with Crippen LogP contribution in [0.3, 0.4) is 0 Å². The Labute approximate surface area is 155 Å². The predicted molar refractivity (Wildman–Crippen MR) is 92.9 cm³/mol. The number of halogens is 1. The molecule has 0 amide bonds. The van der Waals surface area contributed by atoms with Gasteiger partial charge in [0.2, 0.25) is 5.84 Å². The average Bonchev–Trinajstić information content (AvgIpc) is 2.82. The second-order valence-corrected chi connectivity index (χ2v) is 6.70. The maximum absolute atomic E-state index is 6.05. The molecule has 0 aromatic heterocycles.